The molecule has 0 bridgehead atoms. The predicted molar refractivity (Wildman–Crippen MR) is 81.7 cm³/mol. The second-order valence-corrected chi connectivity index (χ2v) is 6.27. The summed E-state index contributed by atoms with van der Waals surface area (Å²) >= 11 is 5.71. The summed E-state index contributed by atoms with van der Waals surface area (Å²) in [4.78, 5) is 24.4. The number of alkyl halides is 3. The van der Waals surface area contributed by atoms with Gasteiger partial charge in [0.25, 0.3) is 0 Å². The molecule has 0 aliphatic carbocycles. The van der Waals surface area contributed by atoms with Crippen molar-refractivity contribution in [3.8, 4) is 0 Å². The molecule has 0 saturated carbocycles. The second-order valence-electron chi connectivity index (χ2n) is 5.84. The molecule has 0 radical (unpaired) electrons. The number of hydrogen-bond donors (Lipinski definition) is 2. The molecule has 25 heavy (non-hydrogen) atoms. The Balaban J connectivity index is 2.12. The van der Waals surface area contributed by atoms with E-state index in [2.05, 4.69) is 5.32 Å². The average Bonchev–Trinajstić information content (AvgIpc) is 2.95. The Hall–Kier alpha value is -1.87. The van der Waals surface area contributed by atoms with Gasteiger partial charge in [-0.1, -0.05) is 11.6 Å². The van der Waals surface area contributed by atoms with Gasteiger partial charge in [-0.15, -0.1) is 0 Å². The molecule has 1 heterocycles. The minimum absolute atomic E-state index is 0.175. The lowest BCUT2D eigenvalue weighted by Crippen LogP contribution is -2.41. The van der Waals surface area contributed by atoms with Gasteiger partial charge in [-0.2, -0.15) is 13.2 Å². The zero-order chi connectivity index (χ0) is 18.9. The van der Waals surface area contributed by atoms with Crippen molar-refractivity contribution in [3.05, 3.63) is 29.0 Å². The SMILES string of the molecule is CC(C(=O)Nc1cc(Cl)ccc1F)N1C[C@@H](C(F)(F)F)[C@H](C(=O)O)C1. The van der Waals surface area contributed by atoms with Crippen molar-refractivity contribution in [1.82, 2.24) is 4.90 Å². The quantitative estimate of drug-likeness (QED) is 0.785. The van der Waals surface area contributed by atoms with E-state index in [1.54, 1.807) is 0 Å². The molecule has 1 aliphatic rings. The number of hydrogen-bond acceptors (Lipinski definition) is 3. The molecule has 138 valence electrons. The van der Waals surface area contributed by atoms with E-state index in [0.717, 1.165) is 11.0 Å². The summed E-state index contributed by atoms with van der Waals surface area (Å²) in [5, 5.41) is 11.4. The van der Waals surface area contributed by atoms with E-state index in [0.29, 0.717) is 0 Å². The summed E-state index contributed by atoms with van der Waals surface area (Å²) in [6.45, 7) is 0.286. The topological polar surface area (TPSA) is 69.6 Å². The number of nitrogens with one attached hydrogen (secondary N) is 1. The Kier molecular flexibility index (Phi) is 5.58. The lowest BCUT2D eigenvalue weighted by atomic mass is 9.96. The van der Waals surface area contributed by atoms with Crippen molar-refractivity contribution in [2.75, 3.05) is 18.4 Å². The van der Waals surface area contributed by atoms with Crippen molar-refractivity contribution < 1.29 is 32.3 Å². The van der Waals surface area contributed by atoms with E-state index in [4.69, 9.17) is 16.7 Å². The largest absolute Gasteiger partial charge is 0.481 e. The number of benzene rings is 1. The number of nitrogens with zero attached hydrogens (tertiary/aromatic N) is 1. The smallest absolute Gasteiger partial charge is 0.393 e. The first-order chi connectivity index (χ1) is 11.5. The molecule has 1 aromatic rings. The summed E-state index contributed by atoms with van der Waals surface area (Å²) in [5.41, 5.74) is -0.203. The van der Waals surface area contributed by atoms with Gasteiger partial charge in [0.15, 0.2) is 0 Å². The molecule has 2 rings (SSSR count). The van der Waals surface area contributed by atoms with Crippen LogP contribution in [0.4, 0.5) is 23.2 Å². The highest BCUT2D eigenvalue weighted by atomic mass is 35.5. The van der Waals surface area contributed by atoms with Crippen LogP contribution in [0.25, 0.3) is 0 Å². The third kappa shape index (κ3) is 4.40. The van der Waals surface area contributed by atoms with Crippen LogP contribution in [-0.4, -0.2) is 47.2 Å². The number of carbonyl (C=O) groups excluding carboxylic acids is 1. The molecule has 1 amide bonds. The number of carboxylic acids is 1. The predicted octanol–water partition coefficient (Wildman–Crippen LogP) is 3.00. The van der Waals surface area contributed by atoms with Crippen LogP contribution in [0.5, 0.6) is 0 Å². The molecular weight excluding hydrogens is 368 g/mol. The maximum Gasteiger partial charge on any atom is 0.393 e. The fourth-order valence-corrected chi connectivity index (χ4v) is 2.90. The molecule has 2 N–H and O–H groups in total. The highest BCUT2D eigenvalue weighted by molar-refractivity contribution is 6.30. The third-order valence-corrected chi connectivity index (χ3v) is 4.43. The van der Waals surface area contributed by atoms with Crippen LogP contribution >= 0.6 is 11.6 Å². The fourth-order valence-electron chi connectivity index (χ4n) is 2.73. The minimum Gasteiger partial charge on any atom is -0.481 e. The van der Waals surface area contributed by atoms with Gasteiger partial charge in [0.1, 0.15) is 5.82 Å². The zero-order valence-corrected chi connectivity index (χ0v) is 13.7. The monoisotopic (exact) mass is 382 g/mol. The van der Waals surface area contributed by atoms with Crippen LogP contribution in [-0.2, 0) is 9.59 Å². The molecule has 10 heteroatoms. The number of carboxylic acid groups (broad SMARTS) is 1. The molecule has 1 aromatic carbocycles. The zero-order valence-electron chi connectivity index (χ0n) is 13.0. The first-order valence-electron chi connectivity index (χ1n) is 7.30. The van der Waals surface area contributed by atoms with Crippen molar-refractivity contribution in [3.63, 3.8) is 0 Å². The summed E-state index contributed by atoms with van der Waals surface area (Å²) in [7, 11) is 0. The summed E-state index contributed by atoms with van der Waals surface area (Å²) in [5.74, 6) is -6.80. The Morgan fingerprint density at radius 3 is 2.52 bits per heavy atom. The molecule has 0 spiro atoms. The van der Waals surface area contributed by atoms with Gasteiger partial charge in [0.2, 0.25) is 5.91 Å². The normalized spacial score (nSPS) is 22.6. The number of amides is 1. The standard InChI is InChI=1S/C15H15ClF4N2O3/c1-7(13(23)21-12-4-8(16)2-3-11(12)17)22-5-9(14(24)25)10(6-22)15(18,19)20/h2-4,7,9-10H,5-6H2,1H3,(H,21,23)(H,24,25)/t7?,9-,10-/m1/s1. The lowest BCUT2D eigenvalue weighted by Gasteiger charge is -2.24. The Labute approximate surface area is 145 Å². The van der Waals surface area contributed by atoms with Crippen LogP contribution in [0, 0.1) is 17.7 Å². The fraction of sp³-hybridized carbons (Fsp3) is 0.467. The second kappa shape index (κ2) is 7.17. The van der Waals surface area contributed by atoms with Crippen molar-refractivity contribution in [2.45, 2.75) is 19.1 Å². The van der Waals surface area contributed by atoms with E-state index < -0.39 is 54.8 Å². The molecule has 3 atom stereocenters. The lowest BCUT2D eigenvalue weighted by molar-refractivity contribution is -0.188. The van der Waals surface area contributed by atoms with Crippen molar-refractivity contribution >= 4 is 29.2 Å². The number of carbonyl (C=O) groups is 2. The Morgan fingerprint density at radius 2 is 2.00 bits per heavy atom. The number of aliphatic carboxylic acids is 1. The Bertz CT molecular complexity index is 683. The van der Waals surface area contributed by atoms with E-state index >= 15 is 0 Å². The highest BCUT2D eigenvalue weighted by Gasteiger charge is 2.53. The van der Waals surface area contributed by atoms with Crippen LogP contribution < -0.4 is 5.32 Å². The number of anilines is 1. The van der Waals surface area contributed by atoms with Gasteiger partial charge in [-0.05, 0) is 25.1 Å². The summed E-state index contributed by atoms with van der Waals surface area (Å²) in [6, 6.07) is 2.41. The summed E-state index contributed by atoms with van der Waals surface area (Å²) < 4.78 is 52.6. The molecule has 1 unspecified atom stereocenters. The molecule has 0 aromatic heterocycles. The van der Waals surface area contributed by atoms with E-state index in [1.807, 2.05) is 0 Å². The Morgan fingerprint density at radius 1 is 1.36 bits per heavy atom. The van der Waals surface area contributed by atoms with Gasteiger partial charge < -0.3 is 10.4 Å². The van der Waals surface area contributed by atoms with Gasteiger partial charge in [0.05, 0.1) is 23.6 Å². The van der Waals surface area contributed by atoms with Gasteiger partial charge >= 0.3 is 12.1 Å². The molecule has 5 nitrogen and oxygen atoms in total. The van der Waals surface area contributed by atoms with Crippen LogP contribution in [0.2, 0.25) is 5.02 Å². The highest BCUT2D eigenvalue weighted by Crippen LogP contribution is 2.38. The number of halogens is 5. The molecule has 1 saturated heterocycles. The van der Waals surface area contributed by atoms with E-state index in [-0.39, 0.29) is 10.7 Å². The number of rotatable bonds is 4. The molecule has 1 fully saturated rings. The minimum atomic E-state index is -4.69. The first kappa shape index (κ1) is 19.5. The van der Waals surface area contributed by atoms with Crippen LogP contribution in [0.15, 0.2) is 18.2 Å². The van der Waals surface area contributed by atoms with E-state index in [1.165, 1.54) is 19.1 Å². The van der Waals surface area contributed by atoms with Crippen LogP contribution in [0.3, 0.4) is 0 Å². The third-order valence-electron chi connectivity index (χ3n) is 4.20. The van der Waals surface area contributed by atoms with Gasteiger partial charge in [0, 0.05) is 18.1 Å². The van der Waals surface area contributed by atoms with E-state index in [9.17, 15) is 27.2 Å². The van der Waals surface area contributed by atoms with Gasteiger partial charge in [-0.25, -0.2) is 4.39 Å². The molecule has 1 aliphatic heterocycles. The van der Waals surface area contributed by atoms with Crippen LogP contribution in [0.1, 0.15) is 6.92 Å². The van der Waals surface area contributed by atoms with Crippen molar-refractivity contribution in [1.29, 1.82) is 0 Å². The number of likely N-dealkylation sites (tertiary alicyclic amines) is 1. The molecular formula is C15H15ClF4N2O3. The van der Waals surface area contributed by atoms with Crippen molar-refractivity contribution in [2.24, 2.45) is 11.8 Å². The first-order valence-corrected chi connectivity index (χ1v) is 7.68. The van der Waals surface area contributed by atoms with Gasteiger partial charge in [-0.3, -0.25) is 14.5 Å². The maximum absolute atomic E-state index is 13.6. The maximum atomic E-state index is 13.6. The summed E-state index contributed by atoms with van der Waals surface area (Å²) in [6.07, 6.45) is -4.69. The average molecular weight is 383 g/mol.